The zero-order valence-corrected chi connectivity index (χ0v) is 15.8. The van der Waals surface area contributed by atoms with Crippen LogP contribution in [0.5, 0.6) is 0 Å². The van der Waals surface area contributed by atoms with E-state index in [0.29, 0.717) is 5.56 Å². The lowest BCUT2D eigenvalue weighted by atomic mass is 10.0. The van der Waals surface area contributed by atoms with Crippen LogP contribution in [0.3, 0.4) is 0 Å². The molecule has 1 aromatic heterocycles. The second-order valence-electron chi connectivity index (χ2n) is 5.62. The Morgan fingerprint density at radius 3 is 2.27 bits per heavy atom. The number of halogens is 1. The van der Waals surface area contributed by atoms with Gasteiger partial charge in [0.25, 0.3) is 5.91 Å². The molecule has 0 radical (unpaired) electrons. The van der Waals surface area contributed by atoms with E-state index < -0.39 is 0 Å². The summed E-state index contributed by atoms with van der Waals surface area (Å²) in [7, 11) is 0. The van der Waals surface area contributed by atoms with Gasteiger partial charge in [-0.25, -0.2) is 0 Å². The Morgan fingerprint density at radius 1 is 0.923 bits per heavy atom. The second kappa shape index (κ2) is 8.45. The first kappa shape index (κ1) is 17.9. The van der Waals surface area contributed by atoms with E-state index in [1.165, 1.54) is 11.8 Å². The van der Waals surface area contributed by atoms with Gasteiger partial charge in [0, 0.05) is 16.9 Å². The highest BCUT2D eigenvalue weighted by Crippen LogP contribution is 2.21. The van der Waals surface area contributed by atoms with E-state index in [1.807, 2.05) is 43.3 Å². The SMILES string of the molecule is CC=C(NNC(=O)c1cncc(Br)c1)c1ccc(-c2ccccc2)cc1. The summed E-state index contributed by atoms with van der Waals surface area (Å²) in [5, 5.41) is 0. The number of hydrogen-bond donors (Lipinski definition) is 2. The van der Waals surface area contributed by atoms with Gasteiger partial charge in [-0.05, 0) is 45.6 Å². The van der Waals surface area contributed by atoms with Crippen LogP contribution in [0.4, 0.5) is 0 Å². The fourth-order valence-electron chi connectivity index (χ4n) is 2.52. The molecule has 0 saturated heterocycles. The van der Waals surface area contributed by atoms with E-state index in [9.17, 15) is 4.79 Å². The molecule has 26 heavy (non-hydrogen) atoms. The molecule has 1 heterocycles. The molecule has 4 nitrogen and oxygen atoms in total. The maximum atomic E-state index is 12.2. The Kier molecular flexibility index (Phi) is 5.81. The molecule has 3 rings (SSSR count). The van der Waals surface area contributed by atoms with Crippen LogP contribution in [-0.2, 0) is 0 Å². The monoisotopic (exact) mass is 407 g/mol. The molecular weight excluding hydrogens is 390 g/mol. The zero-order chi connectivity index (χ0) is 18.4. The Hall–Kier alpha value is -2.92. The Bertz CT molecular complexity index is 922. The summed E-state index contributed by atoms with van der Waals surface area (Å²) >= 11 is 3.31. The van der Waals surface area contributed by atoms with Crippen molar-refractivity contribution in [3.8, 4) is 11.1 Å². The van der Waals surface area contributed by atoms with Crippen LogP contribution >= 0.6 is 15.9 Å². The summed E-state index contributed by atoms with van der Waals surface area (Å²) in [6.07, 6.45) is 5.07. The lowest BCUT2D eigenvalue weighted by Crippen LogP contribution is -2.36. The first-order valence-corrected chi connectivity index (χ1v) is 8.96. The van der Waals surface area contributed by atoms with Crippen molar-refractivity contribution < 1.29 is 4.79 Å². The number of benzene rings is 2. The lowest BCUT2D eigenvalue weighted by molar-refractivity contribution is 0.0942. The average molecular weight is 408 g/mol. The normalized spacial score (nSPS) is 11.1. The fourth-order valence-corrected chi connectivity index (χ4v) is 2.88. The highest BCUT2D eigenvalue weighted by molar-refractivity contribution is 9.10. The minimum atomic E-state index is -0.251. The van der Waals surface area contributed by atoms with Crippen LogP contribution in [0.15, 0.2) is 83.6 Å². The summed E-state index contributed by atoms with van der Waals surface area (Å²) in [5.41, 5.74) is 10.3. The smallest absolute Gasteiger partial charge is 0.271 e. The van der Waals surface area contributed by atoms with Crippen molar-refractivity contribution in [3.63, 3.8) is 0 Å². The molecule has 5 heteroatoms. The molecule has 0 unspecified atom stereocenters. The van der Waals surface area contributed by atoms with E-state index in [-0.39, 0.29) is 5.91 Å². The standard InChI is InChI=1S/C21H18BrN3O/c1-2-20(24-25-21(26)18-12-19(22)14-23-13-18)17-10-8-16(9-11-17)15-6-4-3-5-7-15/h2-14,24H,1H3,(H,25,26). The van der Waals surface area contributed by atoms with Gasteiger partial charge in [0.1, 0.15) is 0 Å². The first-order chi connectivity index (χ1) is 12.7. The number of nitrogens with one attached hydrogen (secondary N) is 2. The summed E-state index contributed by atoms with van der Waals surface area (Å²) in [5.74, 6) is -0.251. The number of allylic oxidation sites excluding steroid dienone is 1. The summed E-state index contributed by atoms with van der Waals surface area (Å²) in [6.45, 7) is 1.92. The van der Waals surface area contributed by atoms with Crippen molar-refractivity contribution >= 4 is 27.5 Å². The molecule has 2 N–H and O–H groups in total. The van der Waals surface area contributed by atoms with Crippen LogP contribution < -0.4 is 10.9 Å². The first-order valence-electron chi connectivity index (χ1n) is 8.16. The molecule has 130 valence electrons. The maximum Gasteiger partial charge on any atom is 0.271 e. The second-order valence-corrected chi connectivity index (χ2v) is 6.53. The largest absolute Gasteiger partial charge is 0.298 e. The Balaban J connectivity index is 1.68. The van der Waals surface area contributed by atoms with E-state index in [4.69, 9.17) is 0 Å². The van der Waals surface area contributed by atoms with Crippen LogP contribution in [0.25, 0.3) is 16.8 Å². The summed E-state index contributed by atoms with van der Waals surface area (Å²) in [4.78, 5) is 16.2. The molecule has 1 amide bonds. The Morgan fingerprint density at radius 2 is 1.62 bits per heavy atom. The molecular formula is C21H18BrN3O. The van der Waals surface area contributed by atoms with Crippen molar-refractivity contribution in [1.82, 2.24) is 15.8 Å². The van der Waals surface area contributed by atoms with Gasteiger partial charge in [-0.3, -0.25) is 20.6 Å². The van der Waals surface area contributed by atoms with Gasteiger partial charge in [0.15, 0.2) is 0 Å². The quantitative estimate of drug-likeness (QED) is 0.596. The van der Waals surface area contributed by atoms with Gasteiger partial charge in [-0.1, -0.05) is 60.7 Å². The number of hydrogen-bond acceptors (Lipinski definition) is 3. The third-order valence-corrected chi connectivity index (χ3v) is 4.30. The topological polar surface area (TPSA) is 54.0 Å². The number of pyridine rings is 1. The molecule has 0 aliphatic heterocycles. The molecule has 0 atom stereocenters. The predicted molar refractivity (Wildman–Crippen MR) is 108 cm³/mol. The third kappa shape index (κ3) is 4.37. The molecule has 0 bridgehead atoms. The molecule has 0 saturated carbocycles. The van der Waals surface area contributed by atoms with E-state index in [0.717, 1.165) is 21.3 Å². The fraction of sp³-hybridized carbons (Fsp3) is 0.0476. The van der Waals surface area contributed by atoms with Gasteiger partial charge in [0.2, 0.25) is 0 Å². The highest BCUT2D eigenvalue weighted by Gasteiger charge is 2.08. The highest BCUT2D eigenvalue weighted by atomic mass is 79.9. The minimum absolute atomic E-state index is 0.251. The van der Waals surface area contributed by atoms with Gasteiger partial charge < -0.3 is 0 Å². The minimum Gasteiger partial charge on any atom is -0.298 e. The van der Waals surface area contributed by atoms with E-state index >= 15 is 0 Å². The molecule has 2 aromatic carbocycles. The van der Waals surface area contributed by atoms with Crippen molar-refractivity contribution in [1.29, 1.82) is 0 Å². The van der Waals surface area contributed by atoms with E-state index in [1.54, 1.807) is 12.3 Å². The van der Waals surface area contributed by atoms with Crippen molar-refractivity contribution in [2.24, 2.45) is 0 Å². The number of carbonyl (C=O) groups excluding carboxylic acids is 1. The molecule has 3 aromatic rings. The molecule has 0 aliphatic carbocycles. The predicted octanol–water partition coefficient (Wildman–Crippen LogP) is 4.81. The van der Waals surface area contributed by atoms with Crippen molar-refractivity contribution in [2.45, 2.75) is 6.92 Å². The molecule has 0 aliphatic rings. The van der Waals surface area contributed by atoms with Crippen LogP contribution in [-0.4, -0.2) is 10.9 Å². The van der Waals surface area contributed by atoms with Gasteiger partial charge in [-0.2, -0.15) is 0 Å². The molecule has 0 fully saturated rings. The lowest BCUT2D eigenvalue weighted by Gasteiger charge is -2.13. The number of nitrogens with zero attached hydrogens (tertiary/aromatic N) is 1. The number of carbonyl (C=O) groups is 1. The van der Waals surface area contributed by atoms with Gasteiger partial charge in [-0.15, -0.1) is 0 Å². The number of rotatable bonds is 5. The van der Waals surface area contributed by atoms with Gasteiger partial charge >= 0.3 is 0 Å². The van der Waals surface area contributed by atoms with E-state index in [2.05, 4.69) is 56.0 Å². The zero-order valence-electron chi connectivity index (χ0n) is 14.2. The number of aromatic nitrogens is 1. The number of amides is 1. The summed E-state index contributed by atoms with van der Waals surface area (Å²) in [6, 6.07) is 20.1. The van der Waals surface area contributed by atoms with Crippen LogP contribution in [0.2, 0.25) is 0 Å². The average Bonchev–Trinajstić information content (AvgIpc) is 2.69. The third-order valence-electron chi connectivity index (χ3n) is 3.87. The molecule has 0 spiro atoms. The van der Waals surface area contributed by atoms with Crippen LogP contribution in [0, 0.1) is 0 Å². The maximum absolute atomic E-state index is 12.2. The van der Waals surface area contributed by atoms with Crippen molar-refractivity contribution in [2.75, 3.05) is 0 Å². The number of hydrazine groups is 1. The van der Waals surface area contributed by atoms with Crippen molar-refractivity contribution in [3.05, 3.63) is 94.7 Å². The summed E-state index contributed by atoms with van der Waals surface area (Å²) < 4.78 is 0.757. The van der Waals surface area contributed by atoms with Gasteiger partial charge in [0.05, 0.1) is 11.3 Å². The van der Waals surface area contributed by atoms with Crippen LogP contribution in [0.1, 0.15) is 22.8 Å². The Labute approximate surface area is 161 Å².